The number of aliphatic hydroxyl groups excluding tert-OH is 1. The van der Waals surface area contributed by atoms with Crippen molar-refractivity contribution in [1.82, 2.24) is 0 Å². The number of hydrogen-bond donors (Lipinski definition) is 1. The highest BCUT2D eigenvalue weighted by Gasteiger charge is 2.17. The highest BCUT2D eigenvalue weighted by Crippen LogP contribution is 2.28. The lowest BCUT2D eigenvalue weighted by molar-refractivity contribution is -0.386. The lowest BCUT2D eigenvalue weighted by atomic mass is 10.1. The summed E-state index contributed by atoms with van der Waals surface area (Å²) in [5.41, 5.74) is 1.69. The highest BCUT2D eigenvalue weighted by atomic mass is 16.6. The number of aliphatic hydroxyl groups is 1. The predicted octanol–water partition coefficient (Wildman–Crippen LogP) is 2.89. The number of nitro benzene ring substituents is 1. The van der Waals surface area contributed by atoms with Crippen LogP contribution in [0.25, 0.3) is 0 Å². The Morgan fingerprint density at radius 3 is 2.59 bits per heavy atom. The van der Waals surface area contributed by atoms with E-state index in [1.165, 1.54) is 12.1 Å². The number of benzene rings is 2. The van der Waals surface area contributed by atoms with Crippen LogP contribution in [0.3, 0.4) is 0 Å². The van der Waals surface area contributed by atoms with Gasteiger partial charge in [-0.25, -0.2) is 0 Å². The Bertz CT molecular complexity index is 720. The zero-order valence-electron chi connectivity index (χ0n) is 11.9. The minimum absolute atomic E-state index is 0.114. The van der Waals surface area contributed by atoms with Crippen LogP contribution in [-0.4, -0.2) is 16.6 Å². The monoisotopic (exact) mass is 298 g/mol. The SMILES string of the molecule is Cc1ccc(OCC(O)c2ccc(C#N)cc2)c([N+](=O)[O-])c1. The lowest BCUT2D eigenvalue weighted by Crippen LogP contribution is -2.10. The smallest absolute Gasteiger partial charge is 0.311 e. The fourth-order valence-electron chi connectivity index (χ4n) is 1.94. The molecule has 0 bridgehead atoms. The van der Waals surface area contributed by atoms with Gasteiger partial charge < -0.3 is 9.84 Å². The first-order chi connectivity index (χ1) is 10.5. The van der Waals surface area contributed by atoms with Crippen molar-refractivity contribution in [3.05, 3.63) is 69.3 Å². The molecule has 2 aromatic rings. The number of nitriles is 1. The van der Waals surface area contributed by atoms with Crippen molar-refractivity contribution in [2.45, 2.75) is 13.0 Å². The van der Waals surface area contributed by atoms with Gasteiger partial charge in [-0.05, 0) is 36.2 Å². The Hall–Kier alpha value is -2.91. The highest BCUT2D eigenvalue weighted by molar-refractivity contribution is 5.48. The van der Waals surface area contributed by atoms with E-state index in [2.05, 4.69) is 0 Å². The number of aryl methyl sites for hydroxylation is 1. The van der Waals surface area contributed by atoms with E-state index < -0.39 is 11.0 Å². The molecule has 0 heterocycles. The van der Waals surface area contributed by atoms with E-state index in [0.717, 1.165) is 5.56 Å². The maximum absolute atomic E-state index is 11.0. The molecule has 2 aromatic carbocycles. The van der Waals surface area contributed by atoms with Crippen LogP contribution in [0.1, 0.15) is 22.8 Å². The minimum Gasteiger partial charge on any atom is -0.484 e. The Kier molecular flexibility index (Phi) is 4.71. The van der Waals surface area contributed by atoms with Crippen molar-refractivity contribution in [3.8, 4) is 11.8 Å². The Morgan fingerprint density at radius 1 is 1.32 bits per heavy atom. The molecule has 6 nitrogen and oxygen atoms in total. The van der Waals surface area contributed by atoms with Gasteiger partial charge >= 0.3 is 5.69 Å². The van der Waals surface area contributed by atoms with Crippen molar-refractivity contribution in [2.24, 2.45) is 0 Å². The summed E-state index contributed by atoms with van der Waals surface area (Å²) in [6.07, 6.45) is -0.936. The third-order valence-electron chi connectivity index (χ3n) is 3.13. The number of rotatable bonds is 5. The normalized spacial score (nSPS) is 11.5. The van der Waals surface area contributed by atoms with Crippen molar-refractivity contribution < 1.29 is 14.8 Å². The van der Waals surface area contributed by atoms with Crippen LogP contribution in [0, 0.1) is 28.4 Å². The molecular weight excluding hydrogens is 284 g/mol. The predicted molar refractivity (Wildman–Crippen MR) is 79.4 cm³/mol. The summed E-state index contributed by atoms with van der Waals surface area (Å²) in [5.74, 6) is 0.114. The first-order valence-electron chi connectivity index (χ1n) is 6.57. The molecule has 0 aliphatic rings. The summed E-state index contributed by atoms with van der Waals surface area (Å²) in [6, 6.07) is 13.0. The van der Waals surface area contributed by atoms with Crippen molar-refractivity contribution in [3.63, 3.8) is 0 Å². The fraction of sp³-hybridized carbons (Fsp3) is 0.188. The molecule has 0 amide bonds. The van der Waals surface area contributed by atoms with Gasteiger partial charge in [-0.3, -0.25) is 10.1 Å². The zero-order chi connectivity index (χ0) is 16.1. The molecule has 0 saturated heterocycles. The Labute approximate surface area is 127 Å². The van der Waals surface area contributed by atoms with Crippen LogP contribution in [0.4, 0.5) is 5.69 Å². The van der Waals surface area contributed by atoms with Crippen LogP contribution in [-0.2, 0) is 0 Å². The van der Waals surface area contributed by atoms with Gasteiger partial charge in [-0.15, -0.1) is 0 Å². The van der Waals surface area contributed by atoms with Gasteiger partial charge in [0.15, 0.2) is 5.75 Å². The molecule has 1 atom stereocenters. The van der Waals surface area contributed by atoms with E-state index in [4.69, 9.17) is 10.00 Å². The molecule has 0 aromatic heterocycles. The molecular formula is C16H14N2O4. The summed E-state index contributed by atoms with van der Waals surface area (Å²) >= 11 is 0. The lowest BCUT2D eigenvalue weighted by Gasteiger charge is -2.13. The summed E-state index contributed by atoms with van der Waals surface area (Å²) < 4.78 is 5.37. The quantitative estimate of drug-likeness (QED) is 0.676. The average Bonchev–Trinajstić information content (AvgIpc) is 2.53. The van der Waals surface area contributed by atoms with Gasteiger partial charge in [0.25, 0.3) is 0 Å². The number of nitrogens with zero attached hydrogens (tertiary/aromatic N) is 2. The molecule has 112 valence electrons. The molecule has 0 fully saturated rings. The van der Waals surface area contributed by atoms with Gasteiger partial charge in [0.05, 0.1) is 16.6 Å². The molecule has 6 heteroatoms. The molecule has 0 spiro atoms. The molecule has 22 heavy (non-hydrogen) atoms. The van der Waals surface area contributed by atoms with Crippen LogP contribution in [0.15, 0.2) is 42.5 Å². The van der Waals surface area contributed by atoms with Crippen LogP contribution in [0.5, 0.6) is 5.75 Å². The number of ether oxygens (including phenoxy) is 1. The molecule has 0 aliphatic heterocycles. The fourth-order valence-corrected chi connectivity index (χ4v) is 1.94. The summed E-state index contributed by atoms with van der Waals surface area (Å²) in [4.78, 5) is 10.5. The molecule has 0 saturated carbocycles. The van der Waals surface area contributed by atoms with Gasteiger partial charge in [0, 0.05) is 6.07 Å². The molecule has 0 aliphatic carbocycles. The standard InChI is InChI=1S/C16H14N2O4/c1-11-2-7-16(14(8-11)18(20)21)22-10-15(19)13-5-3-12(9-17)4-6-13/h2-8,15,19H,10H2,1H3. The van der Waals surface area contributed by atoms with Gasteiger partial charge in [0.2, 0.25) is 0 Å². The molecule has 0 radical (unpaired) electrons. The topological polar surface area (TPSA) is 96.4 Å². The largest absolute Gasteiger partial charge is 0.484 e. The van der Waals surface area contributed by atoms with E-state index in [0.29, 0.717) is 11.1 Å². The first-order valence-corrected chi connectivity index (χ1v) is 6.57. The van der Waals surface area contributed by atoms with Gasteiger partial charge in [0.1, 0.15) is 12.7 Å². The second kappa shape index (κ2) is 6.70. The van der Waals surface area contributed by atoms with E-state index in [-0.39, 0.29) is 18.0 Å². The van der Waals surface area contributed by atoms with Crippen molar-refractivity contribution >= 4 is 5.69 Å². The summed E-state index contributed by atoms with van der Waals surface area (Å²) in [7, 11) is 0. The molecule has 1 N–H and O–H groups in total. The third kappa shape index (κ3) is 3.59. The van der Waals surface area contributed by atoms with Crippen LogP contribution >= 0.6 is 0 Å². The van der Waals surface area contributed by atoms with E-state index in [9.17, 15) is 15.2 Å². The summed E-state index contributed by atoms with van der Waals surface area (Å²) in [5, 5.41) is 29.8. The van der Waals surface area contributed by atoms with Gasteiger partial charge in [-0.2, -0.15) is 5.26 Å². The minimum atomic E-state index is -0.936. The maximum atomic E-state index is 11.0. The first kappa shape index (κ1) is 15.5. The number of hydrogen-bond acceptors (Lipinski definition) is 5. The van der Waals surface area contributed by atoms with E-state index in [1.54, 1.807) is 37.3 Å². The maximum Gasteiger partial charge on any atom is 0.311 e. The molecule has 1 unspecified atom stereocenters. The van der Waals surface area contributed by atoms with Crippen molar-refractivity contribution in [2.75, 3.05) is 6.61 Å². The third-order valence-corrected chi connectivity index (χ3v) is 3.13. The Balaban J connectivity index is 2.09. The van der Waals surface area contributed by atoms with Crippen LogP contribution < -0.4 is 4.74 Å². The number of nitro groups is 1. The Morgan fingerprint density at radius 2 is 2.00 bits per heavy atom. The second-order valence-electron chi connectivity index (χ2n) is 4.79. The average molecular weight is 298 g/mol. The van der Waals surface area contributed by atoms with Crippen molar-refractivity contribution in [1.29, 1.82) is 5.26 Å². The van der Waals surface area contributed by atoms with E-state index >= 15 is 0 Å². The van der Waals surface area contributed by atoms with Crippen LogP contribution in [0.2, 0.25) is 0 Å². The second-order valence-corrected chi connectivity index (χ2v) is 4.79. The summed E-state index contributed by atoms with van der Waals surface area (Å²) in [6.45, 7) is 1.64. The molecule has 2 rings (SSSR count). The van der Waals surface area contributed by atoms with Gasteiger partial charge in [-0.1, -0.05) is 18.2 Å². The zero-order valence-corrected chi connectivity index (χ0v) is 11.9. The van der Waals surface area contributed by atoms with E-state index in [1.807, 2.05) is 6.07 Å².